The monoisotopic (exact) mass is 393 g/mol. The first-order chi connectivity index (χ1) is 12.7. The highest BCUT2D eigenvalue weighted by atomic mass is 32.2. The zero-order valence-corrected chi connectivity index (χ0v) is 15.1. The number of hydrogen-bond acceptors (Lipinski definition) is 6. The molecular formula is C18H16FNO6S. The highest BCUT2D eigenvalue weighted by Crippen LogP contribution is 2.11. The van der Waals surface area contributed by atoms with Crippen LogP contribution < -0.4 is 4.72 Å². The fourth-order valence-corrected chi connectivity index (χ4v) is 3.02. The van der Waals surface area contributed by atoms with Crippen LogP contribution in [0.25, 0.3) is 0 Å². The van der Waals surface area contributed by atoms with Crippen LogP contribution in [0.3, 0.4) is 0 Å². The van der Waals surface area contributed by atoms with Gasteiger partial charge in [-0.15, -0.1) is 0 Å². The Bertz CT molecular complexity index is 970. The van der Waals surface area contributed by atoms with Crippen LogP contribution in [0.5, 0.6) is 0 Å². The number of benzene rings is 2. The molecule has 0 aliphatic rings. The van der Waals surface area contributed by atoms with Crippen LogP contribution in [0.2, 0.25) is 0 Å². The number of ether oxygens (including phenoxy) is 1. The predicted molar refractivity (Wildman–Crippen MR) is 93.3 cm³/mol. The normalized spacial score (nSPS) is 11.0. The third kappa shape index (κ3) is 5.80. The lowest BCUT2D eigenvalue weighted by molar-refractivity contribution is -0.141. The number of carbonyl (C=O) groups is 3. The summed E-state index contributed by atoms with van der Waals surface area (Å²) in [4.78, 5) is 34.5. The molecule has 9 heteroatoms. The van der Waals surface area contributed by atoms with Gasteiger partial charge in [-0.05, 0) is 31.2 Å². The van der Waals surface area contributed by atoms with Crippen molar-refractivity contribution in [3.05, 3.63) is 65.5 Å². The molecule has 0 amide bonds. The van der Waals surface area contributed by atoms with Gasteiger partial charge in [0.15, 0.2) is 18.2 Å². The van der Waals surface area contributed by atoms with Crippen molar-refractivity contribution in [3.8, 4) is 0 Å². The SMILES string of the molecule is CC(=O)c1ccc(S(=O)(=O)NCC(=O)OCC(=O)c2cccc(F)c2)cc1. The molecule has 0 aliphatic carbocycles. The van der Waals surface area contributed by atoms with Crippen LogP contribution in [-0.2, 0) is 19.6 Å². The van der Waals surface area contributed by atoms with E-state index in [1.54, 1.807) is 0 Å². The van der Waals surface area contributed by atoms with E-state index in [1.165, 1.54) is 49.4 Å². The molecule has 0 radical (unpaired) electrons. The summed E-state index contributed by atoms with van der Waals surface area (Å²) in [7, 11) is -3.99. The summed E-state index contributed by atoms with van der Waals surface area (Å²) in [6.07, 6.45) is 0. The third-order valence-corrected chi connectivity index (χ3v) is 4.91. The minimum Gasteiger partial charge on any atom is -0.456 e. The molecule has 0 bridgehead atoms. The highest BCUT2D eigenvalue weighted by Gasteiger charge is 2.17. The third-order valence-electron chi connectivity index (χ3n) is 3.49. The molecule has 2 aromatic rings. The first kappa shape index (κ1) is 20.4. The van der Waals surface area contributed by atoms with Gasteiger partial charge in [0, 0.05) is 11.1 Å². The maximum Gasteiger partial charge on any atom is 0.321 e. The molecule has 0 saturated carbocycles. The van der Waals surface area contributed by atoms with Crippen molar-refractivity contribution in [1.82, 2.24) is 4.72 Å². The molecule has 2 aromatic carbocycles. The van der Waals surface area contributed by atoms with Crippen LogP contribution in [0, 0.1) is 5.82 Å². The van der Waals surface area contributed by atoms with Gasteiger partial charge in [0.2, 0.25) is 10.0 Å². The van der Waals surface area contributed by atoms with Crippen molar-refractivity contribution < 1.29 is 31.9 Å². The number of esters is 1. The van der Waals surface area contributed by atoms with E-state index < -0.39 is 40.7 Å². The number of rotatable bonds is 8. The van der Waals surface area contributed by atoms with E-state index in [9.17, 15) is 27.2 Å². The standard InChI is InChI=1S/C18H16FNO6S/c1-12(21)13-5-7-16(8-6-13)27(24,25)20-10-18(23)26-11-17(22)14-3-2-4-15(19)9-14/h2-9,20H,10-11H2,1H3. The Balaban J connectivity index is 1.88. The maximum absolute atomic E-state index is 13.1. The van der Waals surface area contributed by atoms with Crippen LogP contribution >= 0.6 is 0 Å². The Labute approximate surface area is 155 Å². The second kappa shape index (κ2) is 8.65. The lowest BCUT2D eigenvalue weighted by atomic mass is 10.1. The Kier molecular flexibility index (Phi) is 6.54. The van der Waals surface area contributed by atoms with Crippen LogP contribution in [0.15, 0.2) is 53.4 Å². The van der Waals surface area contributed by atoms with Crippen LogP contribution in [0.4, 0.5) is 4.39 Å². The summed E-state index contributed by atoms with van der Waals surface area (Å²) in [5.41, 5.74) is 0.387. The number of Topliss-reactive ketones (excluding diaryl/α,β-unsaturated/α-hetero) is 2. The number of hydrogen-bond donors (Lipinski definition) is 1. The summed E-state index contributed by atoms with van der Waals surface area (Å²) < 4.78 is 44.0. The highest BCUT2D eigenvalue weighted by molar-refractivity contribution is 7.89. The van der Waals surface area contributed by atoms with E-state index in [2.05, 4.69) is 0 Å². The first-order valence-electron chi connectivity index (χ1n) is 7.74. The molecule has 0 aliphatic heterocycles. The van der Waals surface area contributed by atoms with Crippen molar-refractivity contribution in [1.29, 1.82) is 0 Å². The number of sulfonamides is 1. The van der Waals surface area contributed by atoms with Gasteiger partial charge < -0.3 is 4.74 Å². The van der Waals surface area contributed by atoms with E-state index >= 15 is 0 Å². The minimum absolute atomic E-state index is 0.0361. The molecule has 2 rings (SSSR count). The smallest absolute Gasteiger partial charge is 0.321 e. The van der Waals surface area contributed by atoms with Gasteiger partial charge in [0.1, 0.15) is 12.4 Å². The van der Waals surface area contributed by atoms with E-state index in [4.69, 9.17) is 4.74 Å². The zero-order chi connectivity index (χ0) is 20.0. The summed E-state index contributed by atoms with van der Waals surface area (Å²) >= 11 is 0. The molecular weight excluding hydrogens is 377 g/mol. The molecule has 1 N–H and O–H groups in total. The number of ketones is 2. The number of carbonyl (C=O) groups excluding carboxylic acids is 3. The van der Waals surface area contributed by atoms with Crippen molar-refractivity contribution in [2.75, 3.05) is 13.2 Å². The Morgan fingerprint density at radius 3 is 2.30 bits per heavy atom. The van der Waals surface area contributed by atoms with Crippen molar-refractivity contribution in [2.24, 2.45) is 0 Å². The van der Waals surface area contributed by atoms with Gasteiger partial charge in [-0.25, -0.2) is 12.8 Å². The van der Waals surface area contributed by atoms with Gasteiger partial charge in [-0.3, -0.25) is 14.4 Å². The van der Waals surface area contributed by atoms with E-state index in [-0.39, 0.29) is 16.2 Å². The number of halogens is 1. The summed E-state index contributed by atoms with van der Waals surface area (Å²) in [5, 5.41) is 0. The molecule has 0 spiro atoms. The quantitative estimate of drug-likeness (QED) is 0.541. The Morgan fingerprint density at radius 2 is 1.70 bits per heavy atom. The maximum atomic E-state index is 13.1. The van der Waals surface area contributed by atoms with E-state index in [0.29, 0.717) is 5.56 Å². The molecule has 0 aromatic heterocycles. The molecule has 0 heterocycles. The van der Waals surface area contributed by atoms with Gasteiger partial charge >= 0.3 is 5.97 Å². The lowest BCUT2D eigenvalue weighted by Gasteiger charge is -2.08. The fraction of sp³-hybridized carbons (Fsp3) is 0.167. The molecule has 0 unspecified atom stereocenters. The topological polar surface area (TPSA) is 107 Å². The summed E-state index contributed by atoms with van der Waals surface area (Å²) in [6, 6.07) is 10.1. The van der Waals surface area contributed by atoms with Gasteiger partial charge in [-0.1, -0.05) is 24.3 Å². The number of nitrogens with one attached hydrogen (secondary N) is 1. The predicted octanol–water partition coefficient (Wildman–Crippen LogP) is 1.73. The summed E-state index contributed by atoms with van der Waals surface area (Å²) in [5.74, 6) is -2.40. The lowest BCUT2D eigenvalue weighted by Crippen LogP contribution is -2.31. The Morgan fingerprint density at radius 1 is 1.04 bits per heavy atom. The molecule has 142 valence electrons. The van der Waals surface area contributed by atoms with E-state index in [1.807, 2.05) is 4.72 Å². The largest absolute Gasteiger partial charge is 0.456 e. The minimum atomic E-state index is -3.99. The zero-order valence-electron chi connectivity index (χ0n) is 14.3. The average Bonchev–Trinajstić information content (AvgIpc) is 2.64. The van der Waals surface area contributed by atoms with Gasteiger partial charge in [0.25, 0.3) is 0 Å². The van der Waals surface area contributed by atoms with Gasteiger partial charge in [-0.2, -0.15) is 4.72 Å². The van der Waals surface area contributed by atoms with Crippen molar-refractivity contribution in [2.45, 2.75) is 11.8 Å². The molecule has 0 fully saturated rings. The molecule has 7 nitrogen and oxygen atoms in total. The Hall–Kier alpha value is -2.91. The van der Waals surface area contributed by atoms with Crippen molar-refractivity contribution >= 4 is 27.6 Å². The van der Waals surface area contributed by atoms with Crippen molar-refractivity contribution in [3.63, 3.8) is 0 Å². The average molecular weight is 393 g/mol. The molecule has 0 saturated heterocycles. The fourth-order valence-electron chi connectivity index (χ4n) is 2.05. The van der Waals surface area contributed by atoms with Crippen LogP contribution in [-0.4, -0.2) is 39.1 Å². The first-order valence-corrected chi connectivity index (χ1v) is 9.22. The van der Waals surface area contributed by atoms with E-state index in [0.717, 1.165) is 6.07 Å². The van der Waals surface area contributed by atoms with Crippen LogP contribution in [0.1, 0.15) is 27.6 Å². The molecule has 27 heavy (non-hydrogen) atoms. The second-order valence-corrected chi connectivity index (χ2v) is 7.27. The van der Waals surface area contributed by atoms with Gasteiger partial charge in [0.05, 0.1) is 4.90 Å². The second-order valence-electron chi connectivity index (χ2n) is 5.50. The molecule has 0 atom stereocenters. The summed E-state index contributed by atoms with van der Waals surface area (Å²) in [6.45, 7) is 0.0213.